The van der Waals surface area contributed by atoms with Gasteiger partial charge in [-0.25, -0.2) is 0 Å². The SMILES string of the molecule is [CH2-][O+](CCC[O+]([CH2-])c1c(C)cc(C)cc1-c1cc(C(C)(C)C)cc(-n2c3cc(C(C)(C)C)ccc3c3ccc(C(C)(C)C)cc32)c1O)c1c(C)cc(C)cc1-c1cc(C(C)(C)C)cc(-n2c3cc(C(C)(C)C)ccc3c3ccc(C(C)(C)C)cc32)c1O. The van der Waals surface area contributed by atoms with E-state index < -0.39 is 0 Å². The average molecular weight is 1160 g/mol. The van der Waals surface area contributed by atoms with E-state index >= 15 is 0 Å². The standard InChI is InChI=1S/C81H98N2O4/c1-48-36-50(3)74(64(38-48)62-40-56(80(17,18)19)46-70(72(62)84)82-66-42-52(76(5,6)7)26-30-58(66)59-31-27-53(43-67(59)82)77(8,9)10)86(23)34-25-35-87(24)75-51(4)37-49(2)39-65(75)63-41-57(81(20,21)22)47-71(73(63)85)83-68-44-54(78(11,12)13)28-32-60(68)61-33-29-55(45-69(61)83)79(14,15)16/h26-33,36-47,84-85H,23-25,34-35H2,1-22H3. The highest BCUT2D eigenvalue weighted by atomic mass is 16.7. The summed E-state index contributed by atoms with van der Waals surface area (Å²) in [6, 6.07) is 45.0. The Balaban J connectivity index is 1.07. The molecule has 0 atom stereocenters. The van der Waals surface area contributed by atoms with Crippen molar-refractivity contribution >= 4 is 43.6 Å². The Morgan fingerprint density at radius 1 is 0.333 bits per heavy atom. The van der Waals surface area contributed by atoms with E-state index in [-0.39, 0.29) is 44.0 Å². The summed E-state index contributed by atoms with van der Waals surface area (Å²) in [5.74, 6) is 2.21. The molecule has 2 N–H and O–H groups in total. The van der Waals surface area contributed by atoms with E-state index in [0.29, 0.717) is 19.6 Å². The smallest absolute Gasteiger partial charge is 0.237 e. The van der Waals surface area contributed by atoms with Crippen molar-refractivity contribution in [2.75, 3.05) is 13.2 Å². The summed E-state index contributed by atoms with van der Waals surface area (Å²) < 4.78 is 11.1. The van der Waals surface area contributed by atoms with Gasteiger partial charge in [0.25, 0.3) is 0 Å². The number of phenols is 2. The molecule has 0 unspecified atom stereocenters. The molecule has 0 amide bonds. The van der Waals surface area contributed by atoms with Crippen LogP contribution in [-0.4, -0.2) is 32.6 Å². The molecule has 6 heteroatoms. The lowest BCUT2D eigenvalue weighted by molar-refractivity contribution is -0.0169. The number of nitrogens with zero attached hydrogens (tertiary/aromatic N) is 2. The van der Waals surface area contributed by atoms with E-state index in [9.17, 15) is 10.2 Å². The predicted octanol–water partition coefficient (Wildman–Crippen LogP) is 22.8. The fourth-order valence-electron chi connectivity index (χ4n) is 13.0. The third-order valence-electron chi connectivity index (χ3n) is 18.2. The molecule has 0 fully saturated rings. The Morgan fingerprint density at radius 2 is 0.598 bits per heavy atom. The van der Waals surface area contributed by atoms with Crippen LogP contribution in [0.4, 0.5) is 0 Å². The zero-order chi connectivity index (χ0) is 63.7. The van der Waals surface area contributed by atoms with Crippen LogP contribution in [0.2, 0.25) is 0 Å². The van der Waals surface area contributed by atoms with Crippen molar-refractivity contribution in [1.82, 2.24) is 9.13 Å². The number of aromatic hydroxyl groups is 2. The highest BCUT2D eigenvalue weighted by Crippen LogP contribution is 2.52. The molecule has 10 aromatic rings. The number of hydrogen-bond acceptors (Lipinski definition) is 2. The van der Waals surface area contributed by atoms with Gasteiger partial charge >= 0.3 is 0 Å². The van der Waals surface area contributed by atoms with Crippen molar-refractivity contribution in [3.63, 3.8) is 0 Å². The van der Waals surface area contributed by atoms with Crippen molar-refractivity contribution < 1.29 is 18.9 Å². The minimum absolute atomic E-state index is 0.0886. The molecule has 87 heavy (non-hydrogen) atoms. The lowest BCUT2D eigenvalue weighted by Gasteiger charge is -2.35. The van der Waals surface area contributed by atoms with Crippen LogP contribution in [0.15, 0.2) is 121 Å². The second-order valence-corrected chi connectivity index (χ2v) is 31.5. The molecule has 0 aliphatic rings. The Bertz CT molecular complexity index is 3920. The van der Waals surface area contributed by atoms with Crippen LogP contribution in [0.3, 0.4) is 0 Å². The first-order valence-electron chi connectivity index (χ1n) is 31.4. The quantitative estimate of drug-likeness (QED) is 0.106. The van der Waals surface area contributed by atoms with Gasteiger partial charge in [-0.1, -0.05) is 173 Å². The number of aromatic nitrogens is 2. The van der Waals surface area contributed by atoms with Crippen molar-refractivity contribution in [3.8, 4) is 56.6 Å². The monoisotopic (exact) mass is 1160 g/mol. The van der Waals surface area contributed by atoms with Gasteiger partial charge in [-0.15, -0.1) is 0 Å². The fraction of sp³-hybridized carbons (Fsp3) is 0.383. The van der Waals surface area contributed by atoms with Gasteiger partial charge in [0.15, 0.2) is 13.2 Å². The molecule has 0 saturated carbocycles. The topological polar surface area (TPSA) is 55.7 Å². The number of fused-ring (bicyclic) bond motifs is 6. The zero-order valence-corrected chi connectivity index (χ0v) is 56.7. The third kappa shape index (κ3) is 11.7. The summed E-state index contributed by atoms with van der Waals surface area (Å²) in [7, 11) is 9.42. The van der Waals surface area contributed by atoms with Crippen LogP contribution < -0.4 is 0 Å². The summed E-state index contributed by atoms with van der Waals surface area (Å²) in [6.07, 6.45) is 0.654. The van der Waals surface area contributed by atoms with Crippen molar-refractivity contribution in [2.45, 2.75) is 191 Å². The first kappa shape index (κ1) is 62.6. The maximum Gasteiger partial charge on any atom is 0.237 e. The van der Waals surface area contributed by atoms with Gasteiger partial charge in [0.05, 0.1) is 44.6 Å². The lowest BCUT2D eigenvalue weighted by atomic mass is 9.84. The second kappa shape index (κ2) is 21.7. The van der Waals surface area contributed by atoms with Crippen LogP contribution in [0.5, 0.6) is 23.0 Å². The summed E-state index contributed by atoms with van der Waals surface area (Å²) in [5.41, 5.74) is 19.6. The highest BCUT2D eigenvalue weighted by molar-refractivity contribution is 6.11. The molecule has 0 aliphatic heterocycles. The number of aryl methyl sites for hydroxylation is 4. The molecule has 0 radical (unpaired) electrons. The van der Waals surface area contributed by atoms with E-state index in [0.717, 1.165) is 122 Å². The molecule has 2 aromatic heterocycles. The van der Waals surface area contributed by atoms with Gasteiger partial charge in [-0.05, 0) is 192 Å². The van der Waals surface area contributed by atoms with Gasteiger partial charge in [-0.2, -0.15) is 0 Å². The molecule has 8 aromatic carbocycles. The molecule has 456 valence electrons. The largest absolute Gasteiger partial charge is 0.711 e. The van der Waals surface area contributed by atoms with Crippen LogP contribution in [0.1, 0.15) is 187 Å². The second-order valence-electron chi connectivity index (χ2n) is 31.5. The first-order valence-corrected chi connectivity index (χ1v) is 31.4. The third-order valence-corrected chi connectivity index (χ3v) is 18.2. The zero-order valence-electron chi connectivity index (χ0n) is 56.7. The minimum Gasteiger partial charge on any atom is -0.711 e. The molecule has 0 bridgehead atoms. The summed E-state index contributed by atoms with van der Waals surface area (Å²) in [6.45, 7) is 50.2. The molecule has 0 spiro atoms. The molecule has 0 aliphatic carbocycles. The molecular weight excluding hydrogens is 1060 g/mol. The van der Waals surface area contributed by atoms with E-state index in [1.807, 2.05) is 0 Å². The lowest BCUT2D eigenvalue weighted by Crippen LogP contribution is -2.14. The Labute approximate surface area is 521 Å². The van der Waals surface area contributed by atoms with Crippen LogP contribution in [0, 0.1) is 41.9 Å². The van der Waals surface area contributed by atoms with Crippen molar-refractivity contribution in [1.29, 1.82) is 0 Å². The van der Waals surface area contributed by atoms with Crippen LogP contribution in [-0.2, 0) is 41.2 Å². The maximum absolute atomic E-state index is 13.2. The number of rotatable bonds is 10. The van der Waals surface area contributed by atoms with Gasteiger partial charge in [0.1, 0.15) is 17.9 Å². The van der Waals surface area contributed by atoms with Gasteiger partial charge in [-0.3, -0.25) is 0 Å². The molecule has 0 saturated heterocycles. The summed E-state index contributed by atoms with van der Waals surface area (Å²) >= 11 is 0. The fourth-order valence-corrected chi connectivity index (χ4v) is 13.0. The first-order chi connectivity index (χ1) is 40.2. The number of benzene rings is 8. The van der Waals surface area contributed by atoms with Crippen molar-refractivity contribution in [3.05, 3.63) is 191 Å². The van der Waals surface area contributed by atoms with Crippen LogP contribution >= 0.6 is 0 Å². The number of phenolic OH excluding ortho intramolecular Hbond substituents is 2. The van der Waals surface area contributed by atoms with Crippen molar-refractivity contribution in [2.24, 2.45) is 0 Å². The highest BCUT2D eigenvalue weighted by Gasteiger charge is 2.32. The molecular formula is C81H98N2O4. The molecule has 10 rings (SSSR count). The number of hydrogen-bond donors (Lipinski definition) is 2. The van der Waals surface area contributed by atoms with E-state index in [2.05, 4.69) is 292 Å². The van der Waals surface area contributed by atoms with E-state index in [1.165, 1.54) is 22.3 Å². The average Bonchev–Trinajstić information content (AvgIpc) is 1.70. The van der Waals surface area contributed by atoms with Gasteiger partial charge < -0.3 is 28.1 Å². The summed E-state index contributed by atoms with van der Waals surface area (Å²) in [5, 5.41) is 31.1. The molecule has 2 heterocycles. The minimum atomic E-state index is -0.259. The van der Waals surface area contributed by atoms with E-state index in [1.54, 1.807) is 0 Å². The summed E-state index contributed by atoms with van der Waals surface area (Å²) in [4.78, 5) is 0. The Hall–Kier alpha value is -7.44. The Morgan fingerprint density at radius 3 is 0.851 bits per heavy atom. The van der Waals surface area contributed by atoms with E-state index in [4.69, 9.17) is 14.2 Å². The maximum atomic E-state index is 13.2. The normalized spacial score (nSPS) is 13.1. The van der Waals surface area contributed by atoms with Crippen LogP contribution in [0.25, 0.3) is 77.2 Å². The molecule has 6 nitrogen and oxygen atoms in total. The predicted molar refractivity (Wildman–Crippen MR) is 373 cm³/mol. The van der Waals surface area contributed by atoms with Gasteiger partial charge in [0, 0.05) is 43.8 Å². The Kier molecular flexibility index (Phi) is 15.6. The van der Waals surface area contributed by atoms with Gasteiger partial charge in [0.2, 0.25) is 11.5 Å².